The van der Waals surface area contributed by atoms with Crippen molar-refractivity contribution < 1.29 is 4.79 Å². The van der Waals surface area contributed by atoms with E-state index in [0.717, 1.165) is 11.4 Å². The molecule has 0 aromatic heterocycles. The Morgan fingerprint density at radius 2 is 1.95 bits per heavy atom. The van der Waals surface area contributed by atoms with Gasteiger partial charge in [-0.1, -0.05) is 6.07 Å². The number of hydrogen-bond acceptors (Lipinski definition) is 3. The van der Waals surface area contributed by atoms with Crippen molar-refractivity contribution in [1.29, 1.82) is 0 Å². The molecule has 0 radical (unpaired) electrons. The Labute approximate surface area is 116 Å². The van der Waals surface area contributed by atoms with Crippen molar-refractivity contribution in [1.82, 2.24) is 5.32 Å². The standard InChI is InChI=1S/C15H25N3O/c1-15(2,3)16-10-9-14(19)17-12-7-6-8-13(11-12)18(4)5/h6-8,11,16H,9-10H2,1-5H3,(H,17,19). The van der Waals surface area contributed by atoms with Gasteiger partial charge in [0.25, 0.3) is 0 Å². The summed E-state index contributed by atoms with van der Waals surface area (Å²) in [6.07, 6.45) is 0.476. The van der Waals surface area contributed by atoms with E-state index in [-0.39, 0.29) is 11.4 Å². The molecule has 0 spiro atoms. The van der Waals surface area contributed by atoms with E-state index in [1.807, 2.05) is 43.3 Å². The smallest absolute Gasteiger partial charge is 0.225 e. The third-order valence-electron chi connectivity index (χ3n) is 2.65. The van der Waals surface area contributed by atoms with E-state index in [4.69, 9.17) is 0 Å². The SMILES string of the molecule is CN(C)c1cccc(NC(=O)CCNC(C)(C)C)c1. The van der Waals surface area contributed by atoms with Crippen LogP contribution in [-0.2, 0) is 4.79 Å². The molecule has 1 amide bonds. The number of amides is 1. The number of hydrogen-bond donors (Lipinski definition) is 2. The van der Waals surface area contributed by atoms with Gasteiger partial charge in [0, 0.05) is 44.0 Å². The van der Waals surface area contributed by atoms with Gasteiger partial charge in [-0.2, -0.15) is 0 Å². The molecule has 0 aliphatic heterocycles. The van der Waals surface area contributed by atoms with Gasteiger partial charge < -0.3 is 15.5 Å². The lowest BCUT2D eigenvalue weighted by atomic mass is 10.1. The monoisotopic (exact) mass is 263 g/mol. The average Bonchev–Trinajstić information content (AvgIpc) is 2.27. The fraction of sp³-hybridized carbons (Fsp3) is 0.533. The minimum atomic E-state index is 0.0349. The van der Waals surface area contributed by atoms with Gasteiger partial charge in [-0.15, -0.1) is 0 Å². The van der Waals surface area contributed by atoms with E-state index in [1.165, 1.54) is 0 Å². The number of anilines is 2. The van der Waals surface area contributed by atoms with E-state index in [2.05, 4.69) is 31.4 Å². The molecule has 0 saturated carbocycles. The van der Waals surface area contributed by atoms with Crippen LogP contribution in [0, 0.1) is 0 Å². The number of carbonyl (C=O) groups is 1. The summed E-state index contributed by atoms with van der Waals surface area (Å²) in [7, 11) is 3.96. The highest BCUT2D eigenvalue weighted by molar-refractivity contribution is 5.91. The van der Waals surface area contributed by atoms with E-state index in [1.54, 1.807) is 0 Å². The van der Waals surface area contributed by atoms with E-state index in [0.29, 0.717) is 13.0 Å². The van der Waals surface area contributed by atoms with Crippen LogP contribution in [0.2, 0.25) is 0 Å². The summed E-state index contributed by atoms with van der Waals surface area (Å²) in [6, 6.07) is 7.83. The van der Waals surface area contributed by atoms with E-state index in [9.17, 15) is 4.79 Å². The number of benzene rings is 1. The Balaban J connectivity index is 2.46. The molecular weight excluding hydrogens is 238 g/mol. The van der Waals surface area contributed by atoms with Crippen LogP contribution in [0.3, 0.4) is 0 Å². The largest absolute Gasteiger partial charge is 0.378 e. The lowest BCUT2D eigenvalue weighted by molar-refractivity contribution is -0.116. The molecule has 1 aromatic rings. The second-order valence-electron chi connectivity index (χ2n) is 5.92. The number of rotatable bonds is 5. The first-order valence-corrected chi connectivity index (χ1v) is 6.60. The highest BCUT2D eigenvalue weighted by atomic mass is 16.1. The predicted molar refractivity (Wildman–Crippen MR) is 81.8 cm³/mol. The first-order valence-electron chi connectivity index (χ1n) is 6.60. The molecule has 0 aliphatic rings. The zero-order valence-corrected chi connectivity index (χ0v) is 12.6. The highest BCUT2D eigenvalue weighted by Gasteiger charge is 2.09. The normalized spacial score (nSPS) is 11.2. The molecular formula is C15H25N3O. The van der Waals surface area contributed by atoms with Gasteiger partial charge in [0.1, 0.15) is 0 Å². The Morgan fingerprint density at radius 3 is 2.53 bits per heavy atom. The lowest BCUT2D eigenvalue weighted by Gasteiger charge is -2.20. The predicted octanol–water partition coefficient (Wildman–Crippen LogP) is 2.47. The molecule has 0 saturated heterocycles. The minimum absolute atomic E-state index is 0.0349. The summed E-state index contributed by atoms with van der Waals surface area (Å²) in [6.45, 7) is 6.95. The van der Waals surface area contributed by atoms with Crippen molar-refractivity contribution in [2.45, 2.75) is 32.7 Å². The maximum Gasteiger partial charge on any atom is 0.225 e. The van der Waals surface area contributed by atoms with Crippen LogP contribution in [0.15, 0.2) is 24.3 Å². The second-order valence-corrected chi connectivity index (χ2v) is 5.92. The lowest BCUT2D eigenvalue weighted by Crippen LogP contribution is -2.37. The minimum Gasteiger partial charge on any atom is -0.378 e. The molecule has 0 unspecified atom stereocenters. The maximum absolute atomic E-state index is 11.8. The van der Waals surface area contributed by atoms with Crippen molar-refractivity contribution in [2.24, 2.45) is 0 Å². The molecule has 0 atom stereocenters. The summed E-state index contributed by atoms with van der Waals surface area (Å²) in [5, 5.41) is 6.22. The summed E-state index contributed by atoms with van der Waals surface area (Å²) >= 11 is 0. The van der Waals surface area contributed by atoms with Crippen molar-refractivity contribution in [3.05, 3.63) is 24.3 Å². The Kier molecular flexibility index (Phi) is 5.36. The molecule has 0 fully saturated rings. The topological polar surface area (TPSA) is 44.4 Å². The zero-order valence-electron chi connectivity index (χ0n) is 12.6. The van der Waals surface area contributed by atoms with Crippen LogP contribution >= 0.6 is 0 Å². The molecule has 106 valence electrons. The highest BCUT2D eigenvalue weighted by Crippen LogP contribution is 2.17. The Morgan fingerprint density at radius 1 is 1.26 bits per heavy atom. The van der Waals surface area contributed by atoms with Crippen LogP contribution in [0.25, 0.3) is 0 Å². The molecule has 4 nitrogen and oxygen atoms in total. The van der Waals surface area contributed by atoms with Gasteiger partial charge in [-0.3, -0.25) is 4.79 Å². The fourth-order valence-corrected chi connectivity index (χ4v) is 1.64. The number of carbonyl (C=O) groups excluding carboxylic acids is 1. The summed E-state index contributed by atoms with van der Waals surface area (Å²) < 4.78 is 0. The van der Waals surface area contributed by atoms with Crippen molar-refractivity contribution in [3.8, 4) is 0 Å². The summed E-state index contributed by atoms with van der Waals surface area (Å²) in [5.74, 6) is 0.0349. The number of nitrogens with zero attached hydrogens (tertiary/aromatic N) is 1. The van der Waals surface area contributed by atoms with Crippen molar-refractivity contribution in [3.63, 3.8) is 0 Å². The average molecular weight is 263 g/mol. The van der Waals surface area contributed by atoms with Gasteiger partial charge in [-0.05, 0) is 39.0 Å². The molecule has 0 bridgehead atoms. The van der Waals surface area contributed by atoms with Gasteiger partial charge in [0.15, 0.2) is 0 Å². The van der Waals surface area contributed by atoms with Gasteiger partial charge in [0.2, 0.25) is 5.91 Å². The first kappa shape index (κ1) is 15.5. The third-order valence-corrected chi connectivity index (χ3v) is 2.65. The molecule has 0 heterocycles. The van der Waals surface area contributed by atoms with Crippen LogP contribution < -0.4 is 15.5 Å². The van der Waals surface area contributed by atoms with E-state index >= 15 is 0 Å². The molecule has 1 aromatic carbocycles. The molecule has 4 heteroatoms. The van der Waals surface area contributed by atoms with Crippen LogP contribution in [0.5, 0.6) is 0 Å². The zero-order chi connectivity index (χ0) is 14.5. The van der Waals surface area contributed by atoms with Gasteiger partial charge >= 0.3 is 0 Å². The maximum atomic E-state index is 11.8. The van der Waals surface area contributed by atoms with Crippen LogP contribution in [-0.4, -0.2) is 32.1 Å². The second kappa shape index (κ2) is 6.57. The van der Waals surface area contributed by atoms with Crippen LogP contribution in [0.4, 0.5) is 11.4 Å². The Bertz CT molecular complexity index is 422. The molecule has 2 N–H and O–H groups in total. The van der Waals surface area contributed by atoms with Crippen LogP contribution in [0.1, 0.15) is 27.2 Å². The van der Waals surface area contributed by atoms with Crippen molar-refractivity contribution >= 4 is 17.3 Å². The molecule has 1 rings (SSSR count). The fourth-order valence-electron chi connectivity index (χ4n) is 1.64. The third kappa shape index (κ3) is 6.25. The van der Waals surface area contributed by atoms with Gasteiger partial charge in [0.05, 0.1) is 0 Å². The first-order chi connectivity index (χ1) is 8.78. The van der Waals surface area contributed by atoms with E-state index < -0.39 is 0 Å². The summed E-state index contributed by atoms with van der Waals surface area (Å²) in [4.78, 5) is 13.8. The molecule has 0 aliphatic carbocycles. The van der Waals surface area contributed by atoms with Gasteiger partial charge in [-0.25, -0.2) is 0 Å². The molecule has 19 heavy (non-hydrogen) atoms. The Hall–Kier alpha value is -1.55. The summed E-state index contributed by atoms with van der Waals surface area (Å²) in [5.41, 5.74) is 1.96. The quantitative estimate of drug-likeness (QED) is 0.857. The van der Waals surface area contributed by atoms with Crippen molar-refractivity contribution in [2.75, 3.05) is 30.9 Å². The number of nitrogens with one attached hydrogen (secondary N) is 2.